The molecule has 1 aliphatic heterocycles. The summed E-state index contributed by atoms with van der Waals surface area (Å²) < 4.78 is 0. The second kappa shape index (κ2) is 3.94. The molecular weight excluding hydrogens is 230 g/mol. The summed E-state index contributed by atoms with van der Waals surface area (Å²) in [7, 11) is 0. The van der Waals surface area contributed by atoms with Gasteiger partial charge in [0.25, 0.3) is 0 Å². The van der Waals surface area contributed by atoms with E-state index in [-0.39, 0.29) is 0 Å². The first-order valence-corrected chi connectivity index (χ1v) is 7.14. The lowest BCUT2D eigenvalue weighted by Gasteiger charge is -2.19. The number of rotatable bonds is 2. The van der Waals surface area contributed by atoms with Gasteiger partial charge in [-0.1, -0.05) is 61.5 Å². The fourth-order valence-electron chi connectivity index (χ4n) is 3.58. The minimum Gasteiger partial charge on any atom is -0.291 e. The van der Waals surface area contributed by atoms with Crippen molar-refractivity contribution in [2.45, 2.75) is 37.9 Å². The van der Waals surface area contributed by atoms with Crippen molar-refractivity contribution in [1.29, 1.82) is 0 Å². The third kappa shape index (κ3) is 1.73. The fourth-order valence-corrected chi connectivity index (χ4v) is 3.58. The molecule has 1 heteroatoms. The normalized spacial score (nSPS) is 29.2. The van der Waals surface area contributed by atoms with Gasteiger partial charge in [-0.15, -0.1) is 0 Å². The Morgan fingerprint density at radius 2 is 1.47 bits per heavy atom. The molecule has 1 heterocycles. The molecule has 2 aromatic rings. The number of hydrogen-bond donors (Lipinski definition) is 0. The molecule has 4 rings (SSSR count). The van der Waals surface area contributed by atoms with Crippen LogP contribution in [0.2, 0.25) is 0 Å². The fraction of sp³-hybridized carbons (Fsp3) is 0.333. The van der Waals surface area contributed by atoms with Crippen molar-refractivity contribution in [1.82, 2.24) is 4.90 Å². The Bertz CT molecular complexity index is 579. The van der Waals surface area contributed by atoms with Gasteiger partial charge in [0.15, 0.2) is 0 Å². The third-order valence-electron chi connectivity index (χ3n) is 4.93. The van der Waals surface area contributed by atoms with Crippen molar-refractivity contribution in [3.05, 3.63) is 71.3 Å². The Labute approximate surface area is 114 Å². The van der Waals surface area contributed by atoms with Gasteiger partial charge in [-0.25, -0.2) is 0 Å². The molecule has 1 nitrogen and oxygen atoms in total. The molecule has 19 heavy (non-hydrogen) atoms. The Morgan fingerprint density at radius 3 is 2.11 bits per heavy atom. The zero-order valence-corrected chi connectivity index (χ0v) is 11.3. The van der Waals surface area contributed by atoms with Crippen LogP contribution in [0.3, 0.4) is 0 Å². The predicted octanol–water partition coefficient (Wildman–Crippen LogP) is 3.73. The molecule has 0 saturated heterocycles. The van der Waals surface area contributed by atoms with E-state index in [1.54, 1.807) is 0 Å². The molecule has 0 N–H and O–H groups in total. The van der Waals surface area contributed by atoms with Crippen molar-refractivity contribution in [3.63, 3.8) is 0 Å². The maximum atomic E-state index is 2.65. The number of hydrogen-bond acceptors (Lipinski definition) is 1. The Kier molecular flexibility index (Phi) is 2.33. The van der Waals surface area contributed by atoms with Gasteiger partial charge in [-0.3, -0.25) is 4.90 Å². The molecule has 1 aliphatic carbocycles. The van der Waals surface area contributed by atoms with Crippen LogP contribution >= 0.6 is 0 Å². The molecule has 1 saturated carbocycles. The van der Waals surface area contributed by atoms with Gasteiger partial charge in [0.1, 0.15) is 0 Å². The van der Waals surface area contributed by atoms with Crippen molar-refractivity contribution in [2.24, 2.45) is 0 Å². The summed E-state index contributed by atoms with van der Waals surface area (Å²) in [6.45, 7) is 4.67. The van der Waals surface area contributed by atoms with Crippen LogP contribution in [0.5, 0.6) is 0 Å². The second-order valence-corrected chi connectivity index (χ2v) is 6.18. The van der Waals surface area contributed by atoms with Gasteiger partial charge >= 0.3 is 0 Å². The SMILES string of the molecule is C[C@@]1(c2ccccc2)C[C@H]1N1Cc2ccccc2C1. The molecule has 1 fully saturated rings. The van der Waals surface area contributed by atoms with Gasteiger partial charge in [0.2, 0.25) is 0 Å². The largest absolute Gasteiger partial charge is 0.291 e. The lowest BCUT2D eigenvalue weighted by Crippen LogP contribution is -2.25. The summed E-state index contributed by atoms with van der Waals surface area (Å²) in [6, 6.07) is 20.6. The maximum Gasteiger partial charge on any atom is 0.0243 e. The van der Waals surface area contributed by atoms with Crippen LogP contribution in [0, 0.1) is 0 Å². The molecule has 0 unspecified atom stereocenters. The number of benzene rings is 2. The standard InChI is InChI=1S/C18H19N/c1-18(16-9-3-2-4-10-16)11-17(18)19-12-14-7-5-6-8-15(14)13-19/h2-10,17H,11-13H2,1H3/t17-,18+/m1/s1. The van der Waals surface area contributed by atoms with E-state index < -0.39 is 0 Å². The van der Waals surface area contributed by atoms with E-state index in [1.165, 1.54) is 23.1 Å². The van der Waals surface area contributed by atoms with E-state index in [2.05, 4.69) is 66.4 Å². The average molecular weight is 249 g/mol. The monoisotopic (exact) mass is 249 g/mol. The first-order valence-electron chi connectivity index (χ1n) is 7.14. The van der Waals surface area contributed by atoms with Crippen molar-refractivity contribution < 1.29 is 0 Å². The number of fused-ring (bicyclic) bond motifs is 1. The van der Waals surface area contributed by atoms with Gasteiger partial charge in [0, 0.05) is 24.5 Å². The van der Waals surface area contributed by atoms with E-state index in [4.69, 9.17) is 0 Å². The van der Waals surface area contributed by atoms with E-state index in [0.29, 0.717) is 11.5 Å². The quantitative estimate of drug-likeness (QED) is 0.784. The summed E-state index contributed by atoms with van der Waals surface area (Å²) in [5, 5.41) is 0. The molecule has 96 valence electrons. The van der Waals surface area contributed by atoms with Crippen molar-refractivity contribution >= 4 is 0 Å². The van der Waals surface area contributed by atoms with E-state index in [1.807, 2.05) is 0 Å². The van der Waals surface area contributed by atoms with Crippen LogP contribution in [-0.2, 0) is 18.5 Å². The summed E-state index contributed by atoms with van der Waals surface area (Å²) in [6.07, 6.45) is 1.30. The Morgan fingerprint density at radius 1 is 0.895 bits per heavy atom. The smallest absolute Gasteiger partial charge is 0.0243 e. The lowest BCUT2D eigenvalue weighted by molar-refractivity contribution is 0.254. The predicted molar refractivity (Wildman–Crippen MR) is 77.9 cm³/mol. The summed E-state index contributed by atoms with van der Waals surface area (Å²) >= 11 is 0. The average Bonchev–Trinajstić information content (AvgIpc) is 2.98. The first kappa shape index (κ1) is 11.2. The van der Waals surface area contributed by atoms with E-state index >= 15 is 0 Å². The van der Waals surface area contributed by atoms with Crippen LogP contribution in [0.1, 0.15) is 30.0 Å². The van der Waals surface area contributed by atoms with Crippen LogP contribution < -0.4 is 0 Å². The highest BCUT2D eigenvalue weighted by molar-refractivity contribution is 5.37. The van der Waals surface area contributed by atoms with Gasteiger partial charge < -0.3 is 0 Å². The molecule has 2 aliphatic rings. The molecule has 0 aromatic heterocycles. The Balaban J connectivity index is 1.56. The van der Waals surface area contributed by atoms with Crippen LogP contribution in [0.25, 0.3) is 0 Å². The third-order valence-corrected chi connectivity index (χ3v) is 4.93. The van der Waals surface area contributed by atoms with E-state index in [0.717, 1.165) is 13.1 Å². The number of nitrogens with zero attached hydrogens (tertiary/aromatic N) is 1. The lowest BCUT2D eigenvalue weighted by atomic mass is 9.97. The molecule has 0 spiro atoms. The molecule has 0 amide bonds. The zero-order valence-electron chi connectivity index (χ0n) is 11.3. The topological polar surface area (TPSA) is 3.24 Å². The highest BCUT2D eigenvalue weighted by atomic mass is 15.2. The van der Waals surface area contributed by atoms with E-state index in [9.17, 15) is 0 Å². The minimum absolute atomic E-state index is 0.364. The van der Waals surface area contributed by atoms with Crippen molar-refractivity contribution in [3.8, 4) is 0 Å². The van der Waals surface area contributed by atoms with Crippen LogP contribution in [0.15, 0.2) is 54.6 Å². The Hall–Kier alpha value is -1.60. The molecule has 2 aromatic carbocycles. The second-order valence-electron chi connectivity index (χ2n) is 6.18. The molecule has 2 atom stereocenters. The highest BCUT2D eigenvalue weighted by Crippen LogP contribution is 2.52. The summed E-state index contributed by atoms with van der Waals surface area (Å²) in [5.74, 6) is 0. The summed E-state index contributed by atoms with van der Waals surface area (Å²) in [5.41, 5.74) is 4.90. The zero-order chi connectivity index (χ0) is 12.9. The van der Waals surface area contributed by atoms with Gasteiger partial charge in [-0.2, -0.15) is 0 Å². The van der Waals surface area contributed by atoms with Gasteiger partial charge in [-0.05, 0) is 23.1 Å². The summed E-state index contributed by atoms with van der Waals surface area (Å²) in [4.78, 5) is 2.65. The van der Waals surface area contributed by atoms with Crippen LogP contribution in [-0.4, -0.2) is 10.9 Å². The maximum absolute atomic E-state index is 2.65. The first-order chi connectivity index (χ1) is 9.27. The minimum atomic E-state index is 0.364. The molecular formula is C18H19N. The molecule has 0 bridgehead atoms. The van der Waals surface area contributed by atoms with Crippen LogP contribution in [0.4, 0.5) is 0 Å². The highest BCUT2D eigenvalue weighted by Gasteiger charge is 2.54. The van der Waals surface area contributed by atoms with Crippen molar-refractivity contribution in [2.75, 3.05) is 0 Å². The van der Waals surface area contributed by atoms with Gasteiger partial charge in [0.05, 0.1) is 0 Å². The molecule has 0 radical (unpaired) electrons.